The van der Waals surface area contributed by atoms with E-state index in [2.05, 4.69) is 87.2 Å². The van der Waals surface area contributed by atoms with Crippen molar-refractivity contribution in [2.45, 2.75) is 53.9 Å². The van der Waals surface area contributed by atoms with Crippen LogP contribution in [0.5, 0.6) is 0 Å². The van der Waals surface area contributed by atoms with Gasteiger partial charge in [0.25, 0.3) is 0 Å². The SMILES string of the molecule is C=C(C)Nc1cc(C(C)CC(=O)NS)ccc1N(CC(C)C)CC(C)C. The number of hydrogen-bond donors (Lipinski definition) is 3. The van der Waals surface area contributed by atoms with Crippen molar-refractivity contribution < 1.29 is 4.79 Å². The van der Waals surface area contributed by atoms with E-state index in [1.807, 2.05) is 6.92 Å². The first kappa shape index (κ1) is 22.4. The van der Waals surface area contributed by atoms with Crippen molar-refractivity contribution in [2.24, 2.45) is 11.8 Å². The normalized spacial score (nSPS) is 12.2. The van der Waals surface area contributed by atoms with Gasteiger partial charge in [0.15, 0.2) is 0 Å². The Balaban J connectivity index is 3.24. The molecule has 1 amide bonds. The van der Waals surface area contributed by atoms with Crippen molar-refractivity contribution in [3.8, 4) is 0 Å². The van der Waals surface area contributed by atoms with Gasteiger partial charge in [-0.3, -0.25) is 4.79 Å². The fourth-order valence-electron chi connectivity index (χ4n) is 3.06. The highest BCUT2D eigenvalue weighted by atomic mass is 32.1. The van der Waals surface area contributed by atoms with Crippen molar-refractivity contribution in [1.82, 2.24) is 4.72 Å². The molecule has 5 heteroatoms. The van der Waals surface area contributed by atoms with E-state index in [1.54, 1.807) is 0 Å². The molecular formula is C21H35N3OS. The van der Waals surface area contributed by atoms with E-state index in [0.29, 0.717) is 18.3 Å². The fourth-order valence-corrected chi connectivity index (χ4v) is 3.15. The highest BCUT2D eigenvalue weighted by Crippen LogP contribution is 2.33. The molecule has 0 aliphatic carbocycles. The second-order valence-electron chi connectivity index (χ2n) is 8.01. The lowest BCUT2D eigenvalue weighted by molar-refractivity contribution is -0.119. The maximum Gasteiger partial charge on any atom is 0.230 e. The Labute approximate surface area is 165 Å². The topological polar surface area (TPSA) is 44.4 Å². The van der Waals surface area contributed by atoms with Gasteiger partial charge in [-0.1, -0.05) is 60.1 Å². The molecule has 1 atom stereocenters. The van der Waals surface area contributed by atoms with Crippen molar-refractivity contribution in [3.63, 3.8) is 0 Å². The molecule has 0 fully saturated rings. The lowest BCUT2D eigenvalue weighted by Gasteiger charge is -2.31. The van der Waals surface area contributed by atoms with E-state index in [-0.39, 0.29) is 11.8 Å². The third-order valence-electron chi connectivity index (χ3n) is 4.07. The summed E-state index contributed by atoms with van der Waals surface area (Å²) in [6.45, 7) is 19.0. The standard InChI is InChI=1S/C21H35N3OS/c1-14(2)12-24(13-15(3)4)20-9-8-18(11-19(20)22-16(5)6)17(7)10-21(25)23-26/h8-9,11,14-15,17,22,26H,5,10,12-13H2,1-4,6-7H3,(H,23,25). The summed E-state index contributed by atoms with van der Waals surface area (Å²) in [5.74, 6) is 1.19. The molecule has 0 aliphatic heterocycles. The van der Waals surface area contributed by atoms with Crippen LogP contribution in [0.1, 0.15) is 59.4 Å². The molecular weight excluding hydrogens is 342 g/mol. The molecule has 146 valence electrons. The van der Waals surface area contributed by atoms with Crippen LogP contribution in [0.2, 0.25) is 0 Å². The number of anilines is 2. The number of nitrogens with zero attached hydrogens (tertiary/aromatic N) is 1. The summed E-state index contributed by atoms with van der Waals surface area (Å²) < 4.78 is 2.40. The van der Waals surface area contributed by atoms with Crippen LogP contribution in [0.3, 0.4) is 0 Å². The first-order valence-electron chi connectivity index (χ1n) is 9.38. The highest BCUT2D eigenvalue weighted by Gasteiger charge is 2.17. The van der Waals surface area contributed by atoms with E-state index in [4.69, 9.17) is 0 Å². The lowest BCUT2D eigenvalue weighted by atomic mass is 9.96. The summed E-state index contributed by atoms with van der Waals surface area (Å²) in [5, 5.41) is 3.41. The number of amides is 1. The monoisotopic (exact) mass is 377 g/mol. The van der Waals surface area contributed by atoms with Crippen LogP contribution in [0.4, 0.5) is 11.4 Å². The number of hydrogen-bond acceptors (Lipinski definition) is 4. The molecule has 4 nitrogen and oxygen atoms in total. The maximum absolute atomic E-state index is 11.7. The minimum Gasteiger partial charge on any atom is -0.369 e. The number of benzene rings is 1. The van der Waals surface area contributed by atoms with Gasteiger partial charge in [-0.15, -0.1) is 0 Å². The number of nitrogens with one attached hydrogen (secondary N) is 2. The van der Waals surface area contributed by atoms with Crippen molar-refractivity contribution >= 4 is 30.1 Å². The predicted octanol–water partition coefficient (Wildman–Crippen LogP) is 5.21. The summed E-state index contributed by atoms with van der Waals surface area (Å²) in [4.78, 5) is 14.1. The lowest BCUT2D eigenvalue weighted by Crippen LogP contribution is -2.32. The highest BCUT2D eigenvalue weighted by molar-refractivity contribution is 7.78. The van der Waals surface area contributed by atoms with E-state index in [1.165, 1.54) is 5.69 Å². The van der Waals surface area contributed by atoms with Crippen LogP contribution in [-0.4, -0.2) is 19.0 Å². The Morgan fingerprint density at radius 1 is 1.15 bits per heavy atom. The van der Waals surface area contributed by atoms with Crippen LogP contribution in [0.15, 0.2) is 30.5 Å². The average molecular weight is 378 g/mol. The Morgan fingerprint density at radius 2 is 1.73 bits per heavy atom. The summed E-state index contributed by atoms with van der Waals surface area (Å²) in [6.07, 6.45) is 0.414. The molecule has 1 unspecified atom stereocenters. The zero-order chi connectivity index (χ0) is 19.9. The predicted molar refractivity (Wildman–Crippen MR) is 117 cm³/mol. The van der Waals surface area contributed by atoms with Crippen LogP contribution >= 0.6 is 12.8 Å². The number of carbonyl (C=O) groups excluding carboxylic acids is 1. The molecule has 1 aromatic carbocycles. The van der Waals surface area contributed by atoms with Gasteiger partial charge in [-0.2, -0.15) is 0 Å². The van der Waals surface area contributed by atoms with Gasteiger partial charge in [-0.05, 0) is 42.4 Å². The third-order valence-corrected chi connectivity index (χ3v) is 4.32. The van der Waals surface area contributed by atoms with Crippen molar-refractivity contribution in [1.29, 1.82) is 0 Å². The van der Waals surface area contributed by atoms with E-state index < -0.39 is 0 Å². The zero-order valence-electron chi connectivity index (χ0n) is 17.1. The second kappa shape index (κ2) is 10.5. The molecule has 2 N–H and O–H groups in total. The number of allylic oxidation sites excluding steroid dienone is 1. The van der Waals surface area contributed by atoms with Crippen LogP contribution < -0.4 is 14.9 Å². The quantitative estimate of drug-likeness (QED) is 0.491. The Bertz CT molecular complexity index is 603. The van der Waals surface area contributed by atoms with E-state index in [0.717, 1.165) is 30.0 Å². The average Bonchev–Trinajstić information content (AvgIpc) is 2.52. The van der Waals surface area contributed by atoms with Crippen molar-refractivity contribution in [3.05, 3.63) is 36.0 Å². The number of thiol groups is 1. The molecule has 0 spiro atoms. The molecule has 0 aromatic heterocycles. The van der Waals surface area contributed by atoms with Crippen molar-refractivity contribution in [2.75, 3.05) is 23.3 Å². The number of rotatable bonds is 10. The molecule has 0 radical (unpaired) electrons. The first-order chi connectivity index (χ1) is 12.1. The zero-order valence-corrected chi connectivity index (χ0v) is 18.0. The third kappa shape index (κ3) is 7.32. The fraction of sp³-hybridized carbons (Fsp3) is 0.571. The van der Waals surface area contributed by atoms with Crippen LogP contribution in [-0.2, 0) is 4.79 Å². The van der Waals surface area contributed by atoms with Gasteiger partial charge in [0.2, 0.25) is 5.91 Å². The van der Waals surface area contributed by atoms with Gasteiger partial charge in [0.1, 0.15) is 0 Å². The minimum absolute atomic E-state index is 0.0689. The van der Waals surface area contributed by atoms with Gasteiger partial charge in [0.05, 0.1) is 11.4 Å². The molecule has 1 aromatic rings. The Hall–Kier alpha value is -1.62. The summed E-state index contributed by atoms with van der Waals surface area (Å²) in [7, 11) is 0. The van der Waals surface area contributed by atoms with Gasteiger partial charge in [-0.25, -0.2) is 0 Å². The first-order valence-corrected chi connectivity index (χ1v) is 9.83. The maximum atomic E-state index is 11.7. The Kier molecular flexibility index (Phi) is 9.06. The molecule has 0 bridgehead atoms. The summed E-state index contributed by atoms with van der Waals surface area (Å²) in [5.41, 5.74) is 4.26. The molecule has 0 saturated heterocycles. The molecule has 0 heterocycles. The molecule has 0 saturated carbocycles. The van der Waals surface area contributed by atoms with E-state index >= 15 is 0 Å². The Morgan fingerprint density at radius 3 is 2.19 bits per heavy atom. The van der Waals surface area contributed by atoms with Gasteiger partial charge >= 0.3 is 0 Å². The number of carbonyl (C=O) groups is 1. The molecule has 0 aliphatic rings. The second-order valence-corrected chi connectivity index (χ2v) is 8.24. The van der Waals surface area contributed by atoms with Crippen LogP contribution in [0, 0.1) is 11.8 Å². The summed E-state index contributed by atoms with van der Waals surface area (Å²) in [6, 6.07) is 6.44. The van der Waals surface area contributed by atoms with Crippen LogP contribution in [0.25, 0.3) is 0 Å². The van der Waals surface area contributed by atoms with E-state index in [9.17, 15) is 4.79 Å². The minimum atomic E-state index is -0.0689. The van der Waals surface area contributed by atoms with Gasteiger partial charge < -0.3 is 14.9 Å². The summed E-state index contributed by atoms with van der Waals surface area (Å²) >= 11 is 3.84. The molecule has 1 rings (SSSR count). The smallest absolute Gasteiger partial charge is 0.230 e. The largest absolute Gasteiger partial charge is 0.369 e. The molecule has 26 heavy (non-hydrogen) atoms. The van der Waals surface area contributed by atoms with Gasteiger partial charge in [0, 0.05) is 25.2 Å².